The number of carbonyl (C=O) groups is 1. The summed E-state index contributed by atoms with van der Waals surface area (Å²) in [5.41, 5.74) is 6.45. The van der Waals surface area contributed by atoms with Crippen molar-refractivity contribution in [2.75, 3.05) is 16.3 Å². The average Bonchev–Trinajstić information content (AvgIpc) is 2.49. The van der Waals surface area contributed by atoms with Crippen molar-refractivity contribution >= 4 is 27.3 Å². The van der Waals surface area contributed by atoms with Crippen LogP contribution >= 0.6 is 0 Å². The van der Waals surface area contributed by atoms with Crippen LogP contribution in [0, 0.1) is 23.6 Å². The molecule has 2 atom stereocenters. The first-order valence-corrected chi connectivity index (χ1v) is 10.5. The lowest BCUT2D eigenvalue weighted by Crippen LogP contribution is -2.48. The summed E-state index contributed by atoms with van der Waals surface area (Å²) in [5, 5.41) is 2.79. The van der Waals surface area contributed by atoms with Crippen molar-refractivity contribution in [3.05, 3.63) is 24.0 Å². The highest BCUT2D eigenvalue weighted by atomic mass is 32.2. The Morgan fingerprint density at radius 1 is 1.24 bits per heavy atom. The molecular weight excluding hydrogens is 345 g/mol. The van der Waals surface area contributed by atoms with Crippen LogP contribution in [0.3, 0.4) is 0 Å². The van der Waals surface area contributed by atoms with E-state index >= 15 is 0 Å². The summed E-state index contributed by atoms with van der Waals surface area (Å²) in [5.74, 6) is -0.133. The van der Waals surface area contributed by atoms with E-state index < -0.39 is 15.8 Å². The van der Waals surface area contributed by atoms with E-state index in [2.05, 4.69) is 10.0 Å². The number of nitrogens with one attached hydrogen (secondary N) is 2. The smallest absolute Gasteiger partial charge is 0.229 e. The summed E-state index contributed by atoms with van der Waals surface area (Å²) >= 11 is 0. The van der Waals surface area contributed by atoms with Crippen LogP contribution in [-0.4, -0.2) is 26.6 Å². The molecule has 0 saturated heterocycles. The molecule has 2 saturated carbocycles. The molecule has 1 aromatic rings. The van der Waals surface area contributed by atoms with Gasteiger partial charge in [0.25, 0.3) is 0 Å². The van der Waals surface area contributed by atoms with Gasteiger partial charge in [-0.15, -0.1) is 0 Å². The number of anilines is 2. The van der Waals surface area contributed by atoms with Gasteiger partial charge in [0.05, 0.1) is 11.9 Å². The number of benzene rings is 1. The fourth-order valence-corrected chi connectivity index (χ4v) is 4.68. The molecule has 2 bridgehead atoms. The van der Waals surface area contributed by atoms with E-state index in [1.165, 1.54) is 18.6 Å². The van der Waals surface area contributed by atoms with Crippen molar-refractivity contribution in [2.24, 2.45) is 23.5 Å². The number of nitrogens with two attached hydrogens (primary N) is 1. The second-order valence-electron chi connectivity index (χ2n) is 7.25. The second-order valence-corrected chi connectivity index (χ2v) is 9.00. The number of sulfonamides is 1. The van der Waals surface area contributed by atoms with E-state index in [9.17, 15) is 17.6 Å². The summed E-state index contributed by atoms with van der Waals surface area (Å²) in [6.45, 7) is 0. The lowest BCUT2D eigenvalue weighted by Gasteiger charge is -2.43. The van der Waals surface area contributed by atoms with E-state index in [-0.39, 0.29) is 23.6 Å². The van der Waals surface area contributed by atoms with Gasteiger partial charge in [-0.25, -0.2) is 12.8 Å². The number of carbonyl (C=O) groups excluding carboxylic acids is 1. The van der Waals surface area contributed by atoms with Crippen LogP contribution in [0.25, 0.3) is 0 Å². The standard InChI is InChI=1S/C17H24FN3O3S/c1-25(23,24)21-15-9-13(5-6-14(15)18)20-17(22)12-7-10-3-2-4-11(8-12)16(10)19/h5-6,9-12,16,21H,2-4,7-8,19H2,1H3,(H,20,22). The fraction of sp³-hybridized carbons (Fsp3) is 0.588. The maximum atomic E-state index is 13.7. The Morgan fingerprint density at radius 3 is 2.48 bits per heavy atom. The quantitative estimate of drug-likeness (QED) is 0.758. The monoisotopic (exact) mass is 369 g/mol. The molecule has 138 valence electrons. The summed E-state index contributed by atoms with van der Waals surface area (Å²) in [6.07, 6.45) is 5.82. The van der Waals surface area contributed by atoms with Gasteiger partial charge in [0.1, 0.15) is 5.82 Å². The van der Waals surface area contributed by atoms with Crippen LogP contribution in [0.5, 0.6) is 0 Å². The maximum Gasteiger partial charge on any atom is 0.229 e. The van der Waals surface area contributed by atoms with E-state index in [1.54, 1.807) is 0 Å². The fourth-order valence-electron chi connectivity index (χ4n) is 4.13. The molecule has 3 rings (SSSR count). The van der Waals surface area contributed by atoms with Gasteiger partial charge in [0.15, 0.2) is 0 Å². The Morgan fingerprint density at radius 2 is 1.88 bits per heavy atom. The number of rotatable bonds is 4. The summed E-state index contributed by atoms with van der Waals surface area (Å²) in [6, 6.07) is 4.04. The normalized spacial score (nSPS) is 29.1. The molecule has 6 nitrogen and oxygen atoms in total. The van der Waals surface area contributed by atoms with Crippen LogP contribution in [-0.2, 0) is 14.8 Å². The molecule has 4 N–H and O–H groups in total. The van der Waals surface area contributed by atoms with Gasteiger partial charge in [0, 0.05) is 17.6 Å². The highest BCUT2D eigenvalue weighted by molar-refractivity contribution is 7.92. The van der Waals surface area contributed by atoms with Gasteiger partial charge in [-0.05, 0) is 55.7 Å². The number of hydrogen-bond acceptors (Lipinski definition) is 4. The SMILES string of the molecule is CS(=O)(=O)Nc1cc(NC(=O)C2CC3CCCC(C2)C3N)ccc1F. The zero-order valence-electron chi connectivity index (χ0n) is 14.2. The van der Waals surface area contributed by atoms with Crippen LogP contribution in [0.15, 0.2) is 18.2 Å². The van der Waals surface area contributed by atoms with Gasteiger partial charge in [-0.3, -0.25) is 9.52 Å². The largest absolute Gasteiger partial charge is 0.327 e. The number of fused-ring (bicyclic) bond motifs is 2. The Labute approximate surface area is 147 Å². The average molecular weight is 369 g/mol. The first kappa shape index (κ1) is 18.1. The molecule has 0 radical (unpaired) electrons. The third-order valence-corrected chi connectivity index (χ3v) is 5.90. The van der Waals surface area contributed by atoms with Gasteiger partial charge >= 0.3 is 0 Å². The van der Waals surface area contributed by atoms with Crippen LogP contribution < -0.4 is 15.8 Å². The molecule has 0 aromatic heterocycles. The minimum atomic E-state index is -3.60. The molecule has 8 heteroatoms. The molecule has 0 heterocycles. The summed E-state index contributed by atoms with van der Waals surface area (Å²) in [7, 11) is -3.60. The van der Waals surface area contributed by atoms with E-state index in [1.807, 2.05) is 0 Å². The van der Waals surface area contributed by atoms with Crippen molar-refractivity contribution < 1.29 is 17.6 Å². The first-order valence-electron chi connectivity index (χ1n) is 8.57. The molecule has 0 spiro atoms. The predicted molar refractivity (Wildman–Crippen MR) is 95.0 cm³/mol. The minimum absolute atomic E-state index is 0.105. The lowest BCUT2D eigenvalue weighted by atomic mass is 9.65. The Hall–Kier alpha value is -1.67. The molecule has 1 aromatic carbocycles. The van der Waals surface area contributed by atoms with E-state index in [0.29, 0.717) is 17.5 Å². The Kier molecular flexibility index (Phi) is 5.02. The topological polar surface area (TPSA) is 101 Å². The van der Waals surface area contributed by atoms with E-state index in [0.717, 1.165) is 38.0 Å². The van der Waals surface area contributed by atoms with Crippen LogP contribution in [0.1, 0.15) is 32.1 Å². The Bertz CT molecular complexity index is 754. The molecule has 0 aliphatic heterocycles. The second kappa shape index (κ2) is 6.92. The molecule has 2 fully saturated rings. The van der Waals surface area contributed by atoms with Gasteiger partial charge in [-0.2, -0.15) is 0 Å². The van der Waals surface area contributed by atoms with Crippen LogP contribution in [0.2, 0.25) is 0 Å². The highest BCUT2D eigenvalue weighted by Gasteiger charge is 2.40. The highest BCUT2D eigenvalue weighted by Crippen LogP contribution is 2.42. The zero-order chi connectivity index (χ0) is 18.2. The first-order chi connectivity index (χ1) is 11.7. The van der Waals surface area contributed by atoms with Crippen LogP contribution in [0.4, 0.5) is 15.8 Å². The van der Waals surface area contributed by atoms with Gasteiger partial charge in [-0.1, -0.05) is 6.42 Å². The van der Waals surface area contributed by atoms with Gasteiger partial charge in [0.2, 0.25) is 15.9 Å². The summed E-state index contributed by atoms with van der Waals surface area (Å²) in [4.78, 5) is 12.6. The van der Waals surface area contributed by atoms with Gasteiger partial charge < -0.3 is 11.1 Å². The zero-order valence-corrected chi connectivity index (χ0v) is 15.0. The van der Waals surface area contributed by atoms with Crippen molar-refractivity contribution in [3.8, 4) is 0 Å². The molecule has 2 aliphatic rings. The summed E-state index contributed by atoms with van der Waals surface area (Å²) < 4.78 is 38.4. The molecule has 25 heavy (non-hydrogen) atoms. The lowest BCUT2D eigenvalue weighted by molar-refractivity contribution is -0.122. The number of hydrogen-bond donors (Lipinski definition) is 3. The van der Waals surface area contributed by atoms with Crippen molar-refractivity contribution in [2.45, 2.75) is 38.1 Å². The molecule has 1 amide bonds. The van der Waals surface area contributed by atoms with Crippen molar-refractivity contribution in [1.29, 1.82) is 0 Å². The minimum Gasteiger partial charge on any atom is -0.327 e. The van der Waals surface area contributed by atoms with Crippen molar-refractivity contribution in [1.82, 2.24) is 0 Å². The predicted octanol–water partition coefficient (Wildman–Crippen LogP) is 2.29. The third-order valence-electron chi connectivity index (χ3n) is 5.31. The third kappa shape index (κ3) is 4.30. The number of halogens is 1. The Balaban J connectivity index is 1.70. The number of amides is 1. The molecule has 2 aliphatic carbocycles. The molecular formula is C17H24FN3O3S. The maximum absolute atomic E-state index is 13.7. The van der Waals surface area contributed by atoms with Crippen molar-refractivity contribution in [3.63, 3.8) is 0 Å². The molecule has 2 unspecified atom stereocenters. The van der Waals surface area contributed by atoms with E-state index in [4.69, 9.17) is 5.73 Å².